The van der Waals surface area contributed by atoms with Crippen LogP contribution in [-0.4, -0.2) is 17.1 Å². The molecule has 166 valence electrons. The number of thioether (sulfide) groups is 1. The summed E-state index contributed by atoms with van der Waals surface area (Å²) in [5.41, 5.74) is 5.76. The van der Waals surface area contributed by atoms with Gasteiger partial charge in [0, 0.05) is 22.9 Å². The molecule has 0 atom stereocenters. The normalized spacial score (nSPS) is 11.8. The highest BCUT2D eigenvalue weighted by molar-refractivity contribution is 8.08. The van der Waals surface area contributed by atoms with Crippen LogP contribution in [0.3, 0.4) is 0 Å². The van der Waals surface area contributed by atoms with E-state index in [1.165, 1.54) is 16.3 Å². The number of ether oxygens (including phenoxy) is 1. The Bertz CT molecular complexity index is 1440. The second-order valence-electron chi connectivity index (χ2n) is 7.96. The van der Waals surface area contributed by atoms with Gasteiger partial charge in [0.2, 0.25) is 0 Å². The van der Waals surface area contributed by atoms with E-state index >= 15 is 0 Å². The Balaban J connectivity index is 1.84. The van der Waals surface area contributed by atoms with Gasteiger partial charge in [0.05, 0.1) is 7.11 Å². The van der Waals surface area contributed by atoms with Crippen LogP contribution in [0.2, 0.25) is 0 Å². The third-order valence-electron chi connectivity index (χ3n) is 5.72. The highest BCUT2D eigenvalue weighted by atomic mass is 32.2. The number of benzene rings is 4. The smallest absolute Gasteiger partial charge is 0.192 e. The quantitative estimate of drug-likeness (QED) is 0.148. The monoisotopic (exact) mass is 460 g/mol. The van der Waals surface area contributed by atoms with Gasteiger partial charge in [-0.1, -0.05) is 84.4 Å². The summed E-state index contributed by atoms with van der Waals surface area (Å²) in [5.74, 6) is 0.831. The predicted molar refractivity (Wildman–Crippen MR) is 142 cm³/mol. The van der Waals surface area contributed by atoms with Gasteiger partial charge < -0.3 is 4.74 Å². The Kier molecular flexibility index (Phi) is 6.41. The van der Waals surface area contributed by atoms with Gasteiger partial charge in [-0.05, 0) is 64.3 Å². The second kappa shape index (κ2) is 9.94. The molecule has 34 heavy (non-hydrogen) atoms. The van der Waals surface area contributed by atoms with E-state index in [1.54, 1.807) is 31.3 Å². The molecular weight excluding hydrogens is 436 g/mol. The molecule has 0 amide bonds. The van der Waals surface area contributed by atoms with E-state index in [4.69, 9.17) is 4.74 Å². The molecule has 5 rings (SSSR count). The first-order valence-corrected chi connectivity index (χ1v) is 11.9. The third kappa shape index (κ3) is 4.59. The lowest BCUT2D eigenvalue weighted by Crippen LogP contribution is -1.96. The summed E-state index contributed by atoms with van der Waals surface area (Å²) in [6.45, 7) is 2.11. The average molecular weight is 461 g/mol. The van der Waals surface area contributed by atoms with Gasteiger partial charge in [0.15, 0.2) is 5.16 Å². The molecule has 0 spiro atoms. The molecule has 0 radical (unpaired) electrons. The molecule has 0 unspecified atom stereocenters. The standard InChI is InChI=1S/C30H24N2OS/c1-21-11-13-23(14-12-21)28(24-15-17-25(33-2)18-16-24)29(34-30-31-19-6-20-32-30)27-10-5-8-22-7-3-4-9-26(22)27/h3-20H,1-2H3/b29-28-. The van der Waals surface area contributed by atoms with E-state index in [-0.39, 0.29) is 0 Å². The van der Waals surface area contributed by atoms with Crippen molar-refractivity contribution in [1.82, 2.24) is 9.97 Å². The Labute approximate surface area is 204 Å². The maximum absolute atomic E-state index is 5.43. The van der Waals surface area contributed by atoms with Crippen LogP contribution < -0.4 is 4.74 Å². The number of aryl methyl sites for hydroxylation is 1. The molecule has 1 heterocycles. The van der Waals surface area contributed by atoms with Crippen molar-refractivity contribution < 1.29 is 4.74 Å². The fraction of sp³-hybridized carbons (Fsp3) is 0.0667. The number of methoxy groups -OCH3 is 1. The van der Waals surface area contributed by atoms with Crippen LogP contribution in [0.5, 0.6) is 5.75 Å². The molecule has 0 fully saturated rings. The first-order chi connectivity index (χ1) is 16.7. The minimum atomic E-state index is 0.712. The number of hydrogen-bond acceptors (Lipinski definition) is 4. The van der Waals surface area contributed by atoms with Gasteiger partial charge in [-0.2, -0.15) is 0 Å². The highest BCUT2D eigenvalue weighted by Gasteiger charge is 2.19. The van der Waals surface area contributed by atoms with Gasteiger partial charge in [-0.25, -0.2) is 9.97 Å². The Morgan fingerprint density at radius 2 is 1.35 bits per heavy atom. The SMILES string of the molecule is COc1ccc(/C(=C(\Sc2ncccn2)c2cccc3ccccc23)c2ccc(C)cc2)cc1. The van der Waals surface area contributed by atoms with Crippen LogP contribution in [0, 0.1) is 6.92 Å². The van der Waals surface area contributed by atoms with E-state index in [9.17, 15) is 0 Å². The Morgan fingerprint density at radius 3 is 2.06 bits per heavy atom. The minimum absolute atomic E-state index is 0.712. The highest BCUT2D eigenvalue weighted by Crippen LogP contribution is 2.44. The molecule has 5 aromatic rings. The molecule has 0 aliphatic heterocycles. The van der Waals surface area contributed by atoms with E-state index in [0.717, 1.165) is 32.9 Å². The van der Waals surface area contributed by atoms with E-state index in [0.29, 0.717) is 5.16 Å². The van der Waals surface area contributed by atoms with Crippen LogP contribution in [0.1, 0.15) is 22.3 Å². The van der Waals surface area contributed by atoms with E-state index in [2.05, 4.69) is 95.8 Å². The molecular formula is C30H24N2OS. The zero-order chi connectivity index (χ0) is 23.3. The largest absolute Gasteiger partial charge is 0.497 e. The van der Waals surface area contributed by atoms with Crippen molar-refractivity contribution in [3.63, 3.8) is 0 Å². The summed E-state index contributed by atoms with van der Waals surface area (Å²) in [5, 5.41) is 3.11. The Morgan fingerprint density at radius 1 is 0.706 bits per heavy atom. The number of rotatable bonds is 6. The first-order valence-electron chi connectivity index (χ1n) is 11.1. The molecule has 1 aromatic heterocycles. The maximum atomic E-state index is 5.43. The number of nitrogens with zero attached hydrogens (tertiary/aromatic N) is 2. The summed E-state index contributed by atoms with van der Waals surface area (Å²) in [6.07, 6.45) is 3.57. The van der Waals surface area contributed by atoms with Gasteiger partial charge >= 0.3 is 0 Å². The summed E-state index contributed by atoms with van der Waals surface area (Å²) in [6, 6.07) is 33.7. The molecule has 0 aliphatic rings. The predicted octanol–water partition coefficient (Wildman–Crippen LogP) is 7.66. The molecule has 4 heteroatoms. The van der Waals surface area contributed by atoms with Crippen LogP contribution in [-0.2, 0) is 0 Å². The lowest BCUT2D eigenvalue weighted by molar-refractivity contribution is 0.415. The van der Waals surface area contributed by atoms with Crippen molar-refractivity contribution in [2.24, 2.45) is 0 Å². The van der Waals surface area contributed by atoms with Crippen molar-refractivity contribution in [3.8, 4) is 5.75 Å². The molecule has 0 N–H and O–H groups in total. The molecule has 0 bridgehead atoms. The third-order valence-corrected chi connectivity index (χ3v) is 6.74. The lowest BCUT2D eigenvalue weighted by Gasteiger charge is -2.18. The van der Waals surface area contributed by atoms with Gasteiger partial charge in [-0.3, -0.25) is 0 Å². The molecule has 0 saturated carbocycles. The van der Waals surface area contributed by atoms with Crippen LogP contribution >= 0.6 is 11.8 Å². The van der Waals surface area contributed by atoms with Crippen LogP contribution in [0.15, 0.2) is 115 Å². The zero-order valence-corrected chi connectivity index (χ0v) is 19.9. The zero-order valence-electron chi connectivity index (χ0n) is 19.1. The maximum Gasteiger partial charge on any atom is 0.192 e. The molecule has 4 aromatic carbocycles. The summed E-state index contributed by atoms with van der Waals surface area (Å²) < 4.78 is 5.43. The van der Waals surface area contributed by atoms with Crippen LogP contribution in [0.25, 0.3) is 21.3 Å². The number of fused-ring (bicyclic) bond motifs is 1. The van der Waals surface area contributed by atoms with Crippen molar-refractivity contribution in [3.05, 3.63) is 132 Å². The topological polar surface area (TPSA) is 35.0 Å². The molecule has 3 nitrogen and oxygen atoms in total. The van der Waals surface area contributed by atoms with Gasteiger partial charge in [0.25, 0.3) is 0 Å². The van der Waals surface area contributed by atoms with Crippen LogP contribution in [0.4, 0.5) is 0 Å². The number of aromatic nitrogens is 2. The number of hydrogen-bond donors (Lipinski definition) is 0. The summed E-state index contributed by atoms with van der Waals surface area (Å²) in [4.78, 5) is 10.2. The Hall–Kier alpha value is -3.89. The summed E-state index contributed by atoms with van der Waals surface area (Å²) >= 11 is 1.59. The molecule has 0 aliphatic carbocycles. The van der Waals surface area contributed by atoms with Gasteiger partial charge in [0.1, 0.15) is 5.75 Å². The fourth-order valence-electron chi connectivity index (χ4n) is 4.00. The first kappa shape index (κ1) is 21.9. The van der Waals surface area contributed by atoms with E-state index < -0.39 is 0 Å². The fourth-order valence-corrected chi connectivity index (χ4v) is 5.04. The minimum Gasteiger partial charge on any atom is -0.497 e. The van der Waals surface area contributed by atoms with E-state index in [1.807, 2.05) is 18.2 Å². The molecule has 0 saturated heterocycles. The average Bonchev–Trinajstić information content (AvgIpc) is 2.90. The van der Waals surface area contributed by atoms with Crippen molar-refractivity contribution >= 4 is 33.0 Å². The lowest BCUT2D eigenvalue weighted by atomic mass is 9.93. The van der Waals surface area contributed by atoms with Crippen molar-refractivity contribution in [2.45, 2.75) is 12.1 Å². The second-order valence-corrected chi connectivity index (χ2v) is 8.94. The summed E-state index contributed by atoms with van der Waals surface area (Å²) in [7, 11) is 1.69. The van der Waals surface area contributed by atoms with Crippen molar-refractivity contribution in [1.29, 1.82) is 0 Å². The van der Waals surface area contributed by atoms with Crippen molar-refractivity contribution in [2.75, 3.05) is 7.11 Å². The van der Waals surface area contributed by atoms with Gasteiger partial charge in [-0.15, -0.1) is 0 Å².